The first-order chi connectivity index (χ1) is 12.7. The average Bonchev–Trinajstić information content (AvgIpc) is 2.61. The molecule has 2 rings (SSSR count). The molecule has 7 nitrogen and oxygen atoms in total. The molecule has 0 aliphatic rings. The summed E-state index contributed by atoms with van der Waals surface area (Å²) in [6.07, 6.45) is 1.14. The summed E-state index contributed by atoms with van der Waals surface area (Å²) in [7, 11) is 1.85. The predicted octanol–water partition coefficient (Wildman–Crippen LogP) is 2.56. The van der Waals surface area contributed by atoms with Crippen LogP contribution in [0, 0.1) is 0 Å². The maximum Gasteiger partial charge on any atom is 0.232 e. The first-order valence-electron chi connectivity index (χ1n) is 8.39. The third-order valence-corrected chi connectivity index (χ3v) is 5.15. The Morgan fingerprint density at radius 1 is 1.07 bits per heavy atom. The molecule has 2 aromatic carbocycles. The van der Waals surface area contributed by atoms with Crippen LogP contribution in [0.3, 0.4) is 0 Å². The van der Waals surface area contributed by atoms with E-state index in [1.807, 2.05) is 43.3 Å². The standard InChI is InChI=1S/C19H25N3O4S/c1-21(2)16-10-8-15(9-11-16)20-19(23)12-13-22(27(4,24)25)17-6-5-7-18(14-17)26-3/h5-11,14H,12-13H2,1-4H3,(H,20,23). The van der Waals surface area contributed by atoms with Crippen molar-refractivity contribution in [2.75, 3.05) is 48.5 Å². The summed E-state index contributed by atoms with van der Waals surface area (Å²) in [5.74, 6) is 0.288. The van der Waals surface area contributed by atoms with E-state index in [4.69, 9.17) is 4.74 Å². The van der Waals surface area contributed by atoms with Crippen molar-refractivity contribution in [1.29, 1.82) is 0 Å². The molecule has 0 aliphatic heterocycles. The fourth-order valence-corrected chi connectivity index (χ4v) is 3.44. The van der Waals surface area contributed by atoms with E-state index in [2.05, 4.69) is 5.32 Å². The van der Waals surface area contributed by atoms with Crippen LogP contribution in [0.25, 0.3) is 0 Å². The summed E-state index contributed by atoms with van der Waals surface area (Å²) >= 11 is 0. The third kappa shape index (κ3) is 5.89. The van der Waals surface area contributed by atoms with Crippen LogP contribution >= 0.6 is 0 Å². The van der Waals surface area contributed by atoms with Gasteiger partial charge < -0.3 is 15.0 Å². The van der Waals surface area contributed by atoms with Crippen molar-refractivity contribution in [3.63, 3.8) is 0 Å². The molecule has 0 aromatic heterocycles. The normalized spacial score (nSPS) is 11.0. The highest BCUT2D eigenvalue weighted by molar-refractivity contribution is 7.92. The summed E-state index contributed by atoms with van der Waals surface area (Å²) in [6.45, 7) is 0.0353. The van der Waals surface area contributed by atoms with E-state index in [1.165, 1.54) is 11.4 Å². The number of rotatable bonds is 8. The summed E-state index contributed by atoms with van der Waals surface area (Å²) in [5, 5.41) is 2.79. The Morgan fingerprint density at radius 2 is 1.74 bits per heavy atom. The van der Waals surface area contributed by atoms with Gasteiger partial charge in [-0.2, -0.15) is 0 Å². The van der Waals surface area contributed by atoms with Gasteiger partial charge in [-0.05, 0) is 36.4 Å². The van der Waals surface area contributed by atoms with E-state index in [0.29, 0.717) is 17.1 Å². The quantitative estimate of drug-likeness (QED) is 0.748. The average molecular weight is 391 g/mol. The lowest BCUT2D eigenvalue weighted by Crippen LogP contribution is -2.33. The van der Waals surface area contributed by atoms with Crippen LogP contribution < -0.4 is 19.3 Å². The number of carbonyl (C=O) groups excluding carboxylic acids is 1. The van der Waals surface area contributed by atoms with Gasteiger partial charge in [-0.25, -0.2) is 8.42 Å². The van der Waals surface area contributed by atoms with Gasteiger partial charge in [0.05, 0.1) is 19.1 Å². The zero-order valence-corrected chi connectivity index (χ0v) is 16.8. The Kier molecular flexibility index (Phi) is 6.68. The van der Waals surface area contributed by atoms with Crippen LogP contribution in [0.1, 0.15) is 6.42 Å². The van der Waals surface area contributed by atoms with E-state index < -0.39 is 10.0 Å². The van der Waals surface area contributed by atoms with Crippen molar-refractivity contribution in [3.05, 3.63) is 48.5 Å². The number of benzene rings is 2. The molecule has 0 radical (unpaired) electrons. The fourth-order valence-electron chi connectivity index (χ4n) is 2.52. The van der Waals surface area contributed by atoms with Gasteiger partial charge in [0.2, 0.25) is 15.9 Å². The number of carbonyl (C=O) groups is 1. The first-order valence-corrected chi connectivity index (χ1v) is 10.2. The highest BCUT2D eigenvalue weighted by Crippen LogP contribution is 2.23. The zero-order chi connectivity index (χ0) is 20.0. The number of methoxy groups -OCH3 is 1. The number of nitrogens with zero attached hydrogens (tertiary/aromatic N) is 2. The van der Waals surface area contributed by atoms with Crippen molar-refractivity contribution in [3.8, 4) is 5.75 Å². The van der Waals surface area contributed by atoms with E-state index >= 15 is 0 Å². The van der Waals surface area contributed by atoms with Gasteiger partial charge in [-0.3, -0.25) is 9.10 Å². The number of ether oxygens (including phenoxy) is 1. The topological polar surface area (TPSA) is 79.0 Å². The van der Waals surface area contributed by atoms with Crippen molar-refractivity contribution >= 4 is 33.0 Å². The van der Waals surface area contributed by atoms with Crippen LogP contribution in [0.4, 0.5) is 17.1 Å². The lowest BCUT2D eigenvalue weighted by molar-refractivity contribution is -0.116. The minimum Gasteiger partial charge on any atom is -0.497 e. The van der Waals surface area contributed by atoms with Gasteiger partial charge in [-0.15, -0.1) is 0 Å². The molecular formula is C19H25N3O4S. The van der Waals surface area contributed by atoms with Crippen molar-refractivity contribution in [2.24, 2.45) is 0 Å². The lowest BCUT2D eigenvalue weighted by Gasteiger charge is -2.22. The highest BCUT2D eigenvalue weighted by atomic mass is 32.2. The second-order valence-corrected chi connectivity index (χ2v) is 8.18. The van der Waals surface area contributed by atoms with E-state index in [1.54, 1.807) is 24.3 Å². The molecular weight excluding hydrogens is 366 g/mol. The van der Waals surface area contributed by atoms with Crippen molar-refractivity contribution in [1.82, 2.24) is 0 Å². The molecule has 146 valence electrons. The van der Waals surface area contributed by atoms with E-state index in [-0.39, 0.29) is 18.9 Å². The maximum atomic E-state index is 12.2. The molecule has 2 aromatic rings. The highest BCUT2D eigenvalue weighted by Gasteiger charge is 2.19. The van der Waals surface area contributed by atoms with Crippen LogP contribution in [0.15, 0.2) is 48.5 Å². The monoisotopic (exact) mass is 391 g/mol. The molecule has 0 heterocycles. The SMILES string of the molecule is COc1cccc(N(CCC(=O)Nc2ccc(N(C)C)cc2)S(C)(=O)=O)c1. The first kappa shape index (κ1) is 20.6. The third-order valence-electron chi connectivity index (χ3n) is 3.95. The number of sulfonamides is 1. The number of nitrogens with one attached hydrogen (secondary N) is 1. The Labute approximate surface area is 160 Å². The van der Waals surface area contributed by atoms with Crippen LogP contribution in [-0.4, -0.2) is 48.3 Å². The molecule has 0 saturated carbocycles. The molecule has 0 saturated heterocycles. The second-order valence-electron chi connectivity index (χ2n) is 6.28. The van der Waals surface area contributed by atoms with E-state index in [0.717, 1.165) is 11.9 Å². The lowest BCUT2D eigenvalue weighted by atomic mass is 10.2. The van der Waals surface area contributed by atoms with Crippen LogP contribution in [0.2, 0.25) is 0 Å². The Hall–Kier alpha value is -2.74. The summed E-state index contributed by atoms with van der Waals surface area (Å²) in [5.41, 5.74) is 2.15. The second kappa shape index (κ2) is 8.77. The summed E-state index contributed by atoms with van der Waals surface area (Å²) < 4.78 is 30.6. The summed E-state index contributed by atoms with van der Waals surface area (Å²) in [6, 6.07) is 14.1. The molecule has 0 spiro atoms. The van der Waals surface area contributed by atoms with Gasteiger partial charge in [0.1, 0.15) is 5.75 Å². The number of amides is 1. The van der Waals surface area contributed by atoms with Crippen LogP contribution in [-0.2, 0) is 14.8 Å². The molecule has 27 heavy (non-hydrogen) atoms. The molecule has 0 bridgehead atoms. The maximum absolute atomic E-state index is 12.2. The van der Waals surface area contributed by atoms with Crippen molar-refractivity contribution < 1.29 is 17.9 Å². The smallest absolute Gasteiger partial charge is 0.232 e. The number of hydrogen-bond acceptors (Lipinski definition) is 5. The minimum atomic E-state index is -3.53. The molecule has 1 N–H and O–H groups in total. The molecule has 1 amide bonds. The van der Waals surface area contributed by atoms with Crippen molar-refractivity contribution in [2.45, 2.75) is 6.42 Å². The Balaban J connectivity index is 2.05. The van der Waals surface area contributed by atoms with Gasteiger partial charge in [-0.1, -0.05) is 6.07 Å². The van der Waals surface area contributed by atoms with Gasteiger partial charge in [0.25, 0.3) is 0 Å². The molecule has 0 unspecified atom stereocenters. The molecule has 0 atom stereocenters. The number of anilines is 3. The Morgan fingerprint density at radius 3 is 2.30 bits per heavy atom. The van der Waals surface area contributed by atoms with Gasteiger partial charge >= 0.3 is 0 Å². The number of hydrogen-bond donors (Lipinski definition) is 1. The molecule has 0 fully saturated rings. The molecule has 0 aliphatic carbocycles. The van der Waals surface area contributed by atoms with E-state index in [9.17, 15) is 13.2 Å². The predicted molar refractivity (Wildman–Crippen MR) is 109 cm³/mol. The largest absolute Gasteiger partial charge is 0.497 e. The Bertz CT molecular complexity index is 880. The van der Waals surface area contributed by atoms with Crippen LogP contribution in [0.5, 0.6) is 5.75 Å². The van der Waals surface area contributed by atoms with Gasteiger partial charge in [0, 0.05) is 44.5 Å². The zero-order valence-electron chi connectivity index (χ0n) is 16.0. The molecule has 8 heteroatoms. The fraction of sp³-hybridized carbons (Fsp3) is 0.316. The van der Waals surface area contributed by atoms with Gasteiger partial charge in [0.15, 0.2) is 0 Å². The minimum absolute atomic E-state index is 0.0275. The summed E-state index contributed by atoms with van der Waals surface area (Å²) in [4.78, 5) is 14.2.